The molecule has 4 nitrogen and oxygen atoms in total. The van der Waals surface area contributed by atoms with Crippen molar-refractivity contribution in [2.75, 3.05) is 30.3 Å². The number of anilines is 2. The van der Waals surface area contributed by atoms with Crippen LogP contribution in [0.4, 0.5) is 10.7 Å². The molecule has 0 aromatic carbocycles. The number of fused-ring (bicyclic) bond motifs is 1. The summed E-state index contributed by atoms with van der Waals surface area (Å²) in [5.41, 5.74) is 1.16. The first kappa shape index (κ1) is 16.0. The standard InChI is InChI=1S/C18H21N3OS2/c22-18(20-10-3-1-2-4-11-20)15-7-8-16(24-15)21-12-13-23-17-14(21)6-5-9-19-17/h5-9H,1-4,10-13H2. The molecule has 2 aromatic heterocycles. The maximum Gasteiger partial charge on any atom is 0.263 e. The third kappa shape index (κ3) is 3.17. The van der Waals surface area contributed by atoms with Crippen LogP contribution in [0.5, 0.6) is 0 Å². The average molecular weight is 360 g/mol. The minimum atomic E-state index is 0.200. The monoisotopic (exact) mass is 359 g/mol. The van der Waals surface area contributed by atoms with Gasteiger partial charge in [0.05, 0.1) is 15.6 Å². The summed E-state index contributed by atoms with van der Waals surface area (Å²) >= 11 is 3.41. The second kappa shape index (κ2) is 7.15. The molecule has 6 heteroatoms. The number of hydrogen-bond acceptors (Lipinski definition) is 5. The van der Waals surface area contributed by atoms with Crippen molar-refractivity contribution in [3.8, 4) is 0 Å². The van der Waals surface area contributed by atoms with Crippen molar-refractivity contribution in [2.24, 2.45) is 0 Å². The van der Waals surface area contributed by atoms with Gasteiger partial charge >= 0.3 is 0 Å². The van der Waals surface area contributed by atoms with Gasteiger partial charge in [-0.3, -0.25) is 4.79 Å². The van der Waals surface area contributed by atoms with Gasteiger partial charge in [-0.1, -0.05) is 12.8 Å². The molecule has 24 heavy (non-hydrogen) atoms. The highest BCUT2D eigenvalue weighted by atomic mass is 32.2. The Bertz CT molecular complexity index is 723. The van der Waals surface area contributed by atoms with E-state index in [0.29, 0.717) is 0 Å². The first-order valence-electron chi connectivity index (χ1n) is 8.57. The Morgan fingerprint density at radius 3 is 2.71 bits per heavy atom. The van der Waals surface area contributed by atoms with Crippen molar-refractivity contribution in [3.05, 3.63) is 35.3 Å². The van der Waals surface area contributed by atoms with Crippen LogP contribution < -0.4 is 4.90 Å². The highest BCUT2D eigenvalue weighted by Crippen LogP contribution is 2.40. The Morgan fingerprint density at radius 2 is 1.88 bits per heavy atom. The first-order valence-corrected chi connectivity index (χ1v) is 10.4. The summed E-state index contributed by atoms with van der Waals surface area (Å²) in [4.78, 5) is 22.5. The molecule has 4 heterocycles. The van der Waals surface area contributed by atoms with E-state index in [1.165, 1.54) is 12.8 Å². The van der Waals surface area contributed by atoms with Gasteiger partial charge in [0.2, 0.25) is 0 Å². The summed E-state index contributed by atoms with van der Waals surface area (Å²) in [7, 11) is 0. The van der Waals surface area contributed by atoms with E-state index < -0.39 is 0 Å². The molecule has 4 rings (SSSR count). The Hall–Kier alpha value is -1.53. The smallest absolute Gasteiger partial charge is 0.263 e. The molecule has 1 fully saturated rings. The van der Waals surface area contributed by atoms with Crippen LogP contribution in [0.3, 0.4) is 0 Å². The Balaban J connectivity index is 1.56. The molecule has 0 saturated carbocycles. The number of carbonyl (C=O) groups is 1. The second-order valence-electron chi connectivity index (χ2n) is 6.17. The van der Waals surface area contributed by atoms with E-state index in [-0.39, 0.29) is 5.91 Å². The predicted octanol–water partition coefficient (Wildman–Crippen LogP) is 4.40. The molecule has 0 aliphatic carbocycles. The van der Waals surface area contributed by atoms with Crippen LogP contribution >= 0.6 is 23.1 Å². The van der Waals surface area contributed by atoms with E-state index in [1.54, 1.807) is 23.1 Å². The zero-order valence-corrected chi connectivity index (χ0v) is 15.2. The van der Waals surface area contributed by atoms with Crippen LogP contribution in [0.25, 0.3) is 0 Å². The Kier molecular flexibility index (Phi) is 4.76. The van der Waals surface area contributed by atoms with Crippen molar-refractivity contribution in [3.63, 3.8) is 0 Å². The zero-order chi connectivity index (χ0) is 16.4. The quantitative estimate of drug-likeness (QED) is 0.796. The van der Waals surface area contributed by atoms with Gasteiger partial charge in [-0.25, -0.2) is 4.98 Å². The molecule has 0 atom stereocenters. The van der Waals surface area contributed by atoms with Crippen molar-refractivity contribution in [2.45, 2.75) is 30.7 Å². The van der Waals surface area contributed by atoms with E-state index >= 15 is 0 Å². The summed E-state index contributed by atoms with van der Waals surface area (Å²) in [5.74, 6) is 1.23. The topological polar surface area (TPSA) is 36.4 Å². The van der Waals surface area contributed by atoms with E-state index in [1.807, 2.05) is 23.2 Å². The highest BCUT2D eigenvalue weighted by Gasteiger charge is 2.23. The van der Waals surface area contributed by atoms with Gasteiger partial charge in [0.25, 0.3) is 5.91 Å². The van der Waals surface area contributed by atoms with Crippen LogP contribution in [0.2, 0.25) is 0 Å². The normalized spacial score (nSPS) is 18.2. The molecule has 126 valence electrons. The molecule has 0 bridgehead atoms. The van der Waals surface area contributed by atoms with Crippen molar-refractivity contribution in [1.29, 1.82) is 0 Å². The lowest BCUT2D eigenvalue weighted by Crippen LogP contribution is -2.31. The summed E-state index contributed by atoms with van der Waals surface area (Å²) in [6, 6.07) is 8.17. The molecule has 2 aliphatic heterocycles. The van der Waals surface area contributed by atoms with E-state index in [4.69, 9.17) is 0 Å². The SMILES string of the molecule is O=C(c1ccc(N2CCSc3ncccc32)s1)N1CCCCCC1. The third-order valence-corrected chi connectivity index (χ3v) is 6.63. The molecule has 0 spiro atoms. The van der Waals surface area contributed by atoms with E-state index in [9.17, 15) is 4.79 Å². The second-order valence-corrected chi connectivity index (χ2v) is 8.32. The number of carbonyl (C=O) groups excluding carboxylic acids is 1. The minimum absolute atomic E-state index is 0.200. The zero-order valence-electron chi connectivity index (χ0n) is 13.6. The summed E-state index contributed by atoms with van der Waals surface area (Å²) in [5, 5.41) is 2.22. The number of nitrogens with zero attached hydrogens (tertiary/aromatic N) is 3. The molecule has 1 saturated heterocycles. The van der Waals surface area contributed by atoms with Crippen molar-refractivity contribution in [1.82, 2.24) is 9.88 Å². The number of thiophene rings is 1. The molecular formula is C18H21N3OS2. The first-order chi connectivity index (χ1) is 11.8. The maximum absolute atomic E-state index is 12.8. The molecule has 2 aliphatic rings. The number of hydrogen-bond donors (Lipinski definition) is 0. The van der Waals surface area contributed by atoms with Crippen LogP contribution in [0, 0.1) is 0 Å². The highest BCUT2D eigenvalue weighted by molar-refractivity contribution is 7.99. The number of thioether (sulfide) groups is 1. The lowest BCUT2D eigenvalue weighted by Gasteiger charge is -2.28. The summed E-state index contributed by atoms with van der Waals surface area (Å²) < 4.78 is 0. The van der Waals surface area contributed by atoms with Gasteiger partial charge in [0.15, 0.2) is 0 Å². The molecular weight excluding hydrogens is 338 g/mol. The lowest BCUT2D eigenvalue weighted by molar-refractivity contribution is 0.0766. The Morgan fingerprint density at radius 1 is 1.04 bits per heavy atom. The van der Waals surface area contributed by atoms with Gasteiger partial charge in [0, 0.05) is 31.6 Å². The lowest BCUT2D eigenvalue weighted by atomic mass is 10.2. The molecule has 0 unspecified atom stereocenters. The van der Waals surface area contributed by atoms with Crippen molar-refractivity contribution >= 4 is 39.7 Å². The fraction of sp³-hybridized carbons (Fsp3) is 0.444. The Labute approximate surface area is 150 Å². The van der Waals surface area contributed by atoms with Gasteiger partial charge in [0.1, 0.15) is 5.03 Å². The number of likely N-dealkylation sites (tertiary alicyclic amines) is 1. The van der Waals surface area contributed by atoms with Crippen LogP contribution in [-0.4, -0.2) is 41.2 Å². The fourth-order valence-corrected chi connectivity index (χ4v) is 5.24. The third-order valence-electron chi connectivity index (χ3n) is 4.56. The van der Waals surface area contributed by atoms with Crippen LogP contribution in [0.15, 0.2) is 35.5 Å². The number of rotatable bonds is 2. The van der Waals surface area contributed by atoms with E-state index in [2.05, 4.69) is 22.0 Å². The average Bonchev–Trinajstić information content (AvgIpc) is 2.95. The molecule has 0 radical (unpaired) electrons. The van der Waals surface area contributed by atoms with Crippen LogP contribution in [0.1, 0.15) is 35.4 Å². The largest absolute Gasteiger partial charge is 0.338 e. The molecule has 2 aromatic rings. The summed E-state index contributed by atoms with van der Waals surface area (Å²) in [6.45, 7) is 2.76. The van der Waals surface area contributed by atoms with Gasteiger partial charge in [-0.05, 0) is 37.1 Å². The minimum Gasteiger partial charge on any atom is -0.338 e. The van der Waals surface area contributed by atoms with Gasteiger partial charge < -0.3 is 9.80 Å². The number of amides is 1. The van der Waals surface area contributed by atoms with Crippen molar-refractivity contribution < 1.29 is 4.79 Å². The summed E-state index contributed by atoms with van der Waals surface area (Å²) in [6.07, 6.45) is 6.60. The molecule has 1 amide bonds. The van der Waals surface area contributed by atoms with Gasteiger partial charge in [-0.15, -0.1) is 23.1 Å². The molecule has 0 N–H and O–H groups in total. The number of aromatic nitrogens is 1. The van der Waals surface area contributed by atoms with E-state index in [0.717, 1.165) is 58.8 Å². The fourth-order valence-electron chi connectivity index (χ4n) is 3.30. The van der Waals surface area contributed by atoms with Crippen LogP contribution in [-0.2, 0) is 0 Å². The predicted molar refractivity (Wildman–Crippen MR) is 101 cm³/mol. The number of pyridine rings is 1. The maximum atomic E-state index is 12.8. The van der Waals surface area contributed by atoms with Gasteiger partial charge in [-0.2, -0.15) is 0 Å².